The number of fused-ring (bicyclic) bond motifs is 1. The van der Waals surface area contributed by atoms with E-state index >= 15 is 0 Å². The van der Waals surface area contributed by atoms with E-state index in [-0.39, 0.29) is 29.3 Å². The van der Waals surface area contributed by atoms with Gasteiger partial charge in [0, 0.05) is 31.7 Å². The van der Waals surface area contributed by atoms with Crippen molar-refractivity contribution in [3.05, 3.63) is 102 Å². The van der Waals surface area contributed by atoms with E-state index in [2.05, 4.69) is 42.9 Å². The monoisotopic (exact) mass is 859 g/mol. The number of hydrogen-bond donors (Lipinski definition) is 0. The van der Waals surface area contributed by atoms with Gasteiger partial charge in [0.25, 0.3) is 5.91 Å². The number of unbranched alkanes of at least 4 members (excludes halogenated alkanes) is 3. The third-order valence-corrected chi connectivity index (χ3v) is 26.7. The molecule has 0 spiro atoms. The van der Waals surface area contributed by atoms with Crippen molar-refractivity contribution in [2.75, 3.05) is 6.26 Å². The van der Waals surface area contributed by atoms with E-state index in [4.69, 9.17) is 4.74 Å². The molecule has 0 radical (unpaired) electrons. The first-order chi connectivity index (χ1) is 25.2. The summed E-state index contributed by atoms with van der Waals surface area (Å²) in [6, 6.07) is 17.5. The first-order valence-corrected chi connectivity index (χ1v) is 27.9. The molecule has 1 atom stereocenters. The molecule has 2 aromatic carbocycles. The molecule has 3 heterocycles. The van der Waals surface area contributed by atoms with Crippen molar-refractivity contribution in [2.45, 2.75) is 110 Å². The van der Waals surface area contributed by atoms with Crippen molar-refractivity contribution in [3.8, 4) is 16.9 Å². The van der Waals surface area contributed by atoms with E-state index in [0.717, 1.165) is 53.6 Å². The van der Waals surface area contributed by atoms with Crippen LogP contribution in [0.5, 0.6) is 5.75 Å². The summed E-state index contributed by atoms with van der Waals surface area (Å²) in [6.45, 7) is 8.30. The Labute approximate surface area is 317 Å². The predicted molar refractivity (Wildman–Crippen MR) is 208 cm³/mol. The van der Waals surface area contributed by atoms with E-state index in [9.17, 15) is 26.4 Å². The molecule has 0 fully saturated rings. The maximum atomic E-state index is 13.4. The summed E-state index contributed by atoms with van der Waals surface area (Å²) in [4.78, 5) is 22.9. The molecule has 0 N–H and O–H groups in total. The Bertz CT molecular complexity index is 1870. The molecule has 1 aliphatic heterocycles. The van der Waals surface area contributed by atoms with Gasteiger partial charge in [0.2, 0.25) is 0 Å². The molecular formula is C41H52F3N3O4SSn. The van der Waals surface area contributed by atoms with E-state index in [1.165, 1.54) is 43.4 Å². The fourth-order valence-electron chi connectivity index (χ4n) is 6.76. The molecule has 1 aliphatic rings. The molecule has 12 heteroatoms. The number of ether oxygens (including phenoxy) is 1. The van der Waals surface area contributed by atoms with Crippen LogP contribution < -0.4 is 8.32 Å². The topological polar surface area (TPSA) is 89.5 Å². The number of aromatic nitrogens is 2. The molecule has 4 aromatic rings. The average molecular weight is 859 g/mol. The van der Waals surface area contributed by atoms with Gasteiger partial charge in [-0.3, -0.25) is 9.78 Å². The minimum atomic E-state index is -4.65. The summed E-state index contributed by atoms with van der Waals surface area (Å²) in [5.41, 5.74) is 3.46. The standard InChI is InChI=1S/C24H21F3N2O4S.C5H4N.3C4H9.Sn/c1-15(24(25,26)27)33-22-6-5-20(34(2,31)32)12-21(22)23(30)29-13-18-4-3-17(11-19(18)14-29)16-7-9-28-10-8-16;1-2-4-6-5-3-1;3*1-3-4-2;/h3-12,15H,13-14H2,1-2H3;2-5H;3*1,3-4H2,2H3;/t15-;;;;;/m0...../s1. The number of amides is 1. The maximum Gasteiger partial charge on any atom is 0.425 e. The van der Waals surface area contributed by atoms with E-state index in [0.29, 0.717) is 0 Å². The first kappa shape index (κ1) is 42.3. The molecule has 5 rings (SSSR count). The second-order valence-corrected chi connectivity index (χ2v) is 29.2. The minimum absolute atomic E-state index is 0.181. The maximum absolute atomic E-state index is 13.4. The van der Waals surface area contributed by atoms with Crippen molar-refractivity contribution < 1.29 is 31.1 Å². The van der Waals surface area contributed by atoms with Crippen LogP contribution in [-0.4, -0.2) is 66.1 Å². The number of hydrogen-bond acceptors (Lipinski definition) is 6. The van der Waals surface area contributed by atoms with Crippen molar-refractivity contribution in [2.24, 2.45) is 0 Å². The zero-order chi connectivity index (χ0) is 38.6. The van der Waals surface area contributed by atoms with Crippen LogP contribution in [0, 0.1) is 0 Å². The molecular weight excluding hydrogens is 806 g/mol. The summed E-state index contributed by atoms with van der Waals surface area (Å²) in [6.07, 6.45) is 9.88. The third-order valence-electron chi connectivity index (χ3n) is 9.92. The van der Waals surface area contributed by atoms with Crippen molar-refractivity contribution >= 4 is 37.7 Å². The molecule has 0 aliphatic carbocycles. The van der Waals surface area contributed by atoms with Crippen molar-refractivity contribution in [1.82, 2.24) is 14.9 Å². The van der Waals surface area contributed by atoms with Gasteiger partial charge in [-0.1, -0.05) is 12.1 Å². The van der Waals surface area contributed by atoms with Crippen molar-refractivity contribution in [1.29, 1.82) is 0 Å². The number of rotatable bonds is 15. The molecule has 286 valence electrons. The van der Waals surface area contributed by atoms with Gasteiger partial charge in [-0.2, -0.15) is 13.2 Å². The third kappa shape index (κ3) is 11.5. The van der Waals surface area contributed by atoms with Gasteiger partial charge in [-0.25, -0.2) is 8.42 Å². The quantitative estimate of drug-likeness (QED) is 0.111. The summed E-state index contributed by atoms with van der Waals surface area (Å²) >= 11 is -2.14. The van der Waals surface area contributed by atoms with Gasteiger partial charge < -0.3 is 9.64 Å². The second kappa shape index (κ2) is 19.2. The molecule has 2 aromatic heterocycles. The van der Waals surface area contributed by atoms with Crippen LogP contribution in [0.2, 0.25) is 13.3 Å². The first-order valence-electron chi connectivity index (χ1n) is 18.5. The van der Waals surface area contributed by atoms with Gasteiger partial charge in [0.15, 0.2) is 15.9 Å². The fraction of sp³-hybridized carbons (Fsp3) is 0.439. The number of nitrogens with zero attached hydrogens (tertiary/aromatic N) is 3. The van der Waals surface area contributed by atoms with E-state index < -0.39 is 46.4 Å². The molecule has 1 amide bonds. The number of halogens is 3. The minimum Gasteiger partial charge on any atom is -0.480 e. The van der Waals surface area contributed by atoms with Crippen LogP contribution in [-0.2, 0) is 22.9 Å². The number of benzene rings is 2. The Kier molecular flexibility index (Phi) is 15.3. The number of alkyl halides is 3. The Morgan fingerprint density at radius 1 is 0.792 bits per heavy atom. The van der Waals surface area contributed by atoms with Crippen LogP contribution >= 0.6 is 0 Å². The molecule has 53 heavy (non-hydrogen) atoms. The Balaban J connectivity index is 0.000000281. The van der Waals surface area contributed by atoms with Crippen LogP contribution in [0.25, 0.3) is 11.1 Å². The van der Waals surface area contributed by atoms with E-state index in [1.807, 2.05) is 42.7 Å². The van der Waals surface area contributed by atoms with Crippen LogP contribution in [0.4, 0.5) is 13.2 Å². The summed E-state index contributed by atoms with van der Waals surface area (Å²) in [7, 11) is -3.70. The molecule has 0 saturated heterocycles. The largest absolute Gasteiger partial charge is 0.480 e. The second-order valence-electron chi connectivity index (χ2n) is 13.9. The molecule has 0 unspecified atom stereocenters. The van der Waals surface area contributed by atoms with Gasteiger partial charge in [-0.15, -0.1) is 0 Å². The Hall–Kier alpha value is -3.45. The molecule has 0 saturated carbocycles. The van der Waals surface area contributed by atoms with Crippen LogP contribution in [0.1, 0.15) is 87.7 Å². The average Bonchev–Trinajstić information content (AvgIpc) is 3.58. The number of sulfone groups is 1. The van der Waals surface area contributed by atoms with Gasteiger partial charge in [-0.05, 0) is 65.6 Å². The molecule has 7 nitrogen and oxygen atoms in total. The van der Waals surface area contributed by atoms with Gasteiger partial charge in [0.1, 0.15) is 5.75 Å². The smallest absolute Gasteiger partial charge is 0.425 e. The number of carbonyl (C=O) groups excluding carboxylic acids is 1. The van der Waals surface area contributed by atoms with Gasteiger partial charge in [0.05, 0.1) is 10.5 Å². The van der Waals surface area contributed by atoms with Gasteiger partial charge >= 0.3 is 130 Å². The van der Waals surface area contributed by atoms with E-state index in [1.54, 1.807) is 29.3 Å². The van der Waals surface area contributed by atoms with Crippen molar-refractivity contribution in [3.63, 3.8) is 0 Å². The van der Waals surface area contributed by atoms with Crippen LogP contribution in [0.15, 0.2) is 90.3 Å². The number of carbonyl (C=O) groups is 1. The normalized spacial score (nSPS) is 13.5. The zero-order valence-corrected chi connectivity index (χ0v) is 35.1. The summed E-state index contributed by atoms with van der Waals surface area (Å²) in [5, 5.41) is 0. The summed E-state index contributed by atoms with van der Waals surface area (Å²) < 4.78 is 74.7. The number of pyridine rings is 2. The fourth-order valence-corrected chi connectivity index (χ4v) is 23.3. The zero-order valence-electron chi connectivity index (χ0n) is 31.5. The molecule has 0 bridgehead atoms. The summed E-state index contributed by atoms with van der Waals surface area (Å²) in [5.74, 6) is -0.938. The Morgan fingerprint density at radius 2 is 1.34 bits per heavy atom. The predicted octanol–water partition coefficient (Wildman–Crippen LogP) is 9.78. The van der Waals surface area contributed by atoms with Crippen LogP contribution in [0.3, 0.4) is 0 Å². The SMILES string of the molecule is CCC[CH2][Sn]([CH2]CCC)([CH2]CCC)[c]1ccncc1.C[C@H](Oc1ccc(S(C)(=O)=O)cc1C(=O)N1Cc2ccc(-c3ccncc3)cc2C1)C(F)(F)F. The Morgan fingerprint density at radius 3 is 1.87 bits per heavy atom.